The molecule has 0 N–H and O–H groups in total. The zero-order valence-corrected chi connectivity index (χ0v) is 16.6. The minimum Gasteiger partial charge on any atom is -0.362 e. The standard InChI is InChI=1S/C20H26N2O2S/c1-15-12-13-17(20(2,3)4)14-18(15)25(23,24)21-19(22(5)6)16-10-8-7-9-11-16/h7-14H,1-6H3/b21-19-. The van der Waals surface area contributed by atoms with Gasteiger partial charge in [-0.05, 0) is 29.5 Å². The molecule has 0 bridgehead atoms. The summed E-state index contributed by atoms with van der Waals surface area (Å²) in [6, 6.07) is 14.9. The summed E-state index contributed by atoms with van der Waals surface area (Å²) in [5.74, 6) is 0.418. The van der Waals surface area contributed by atoms with Crippen molar-refractivity contribution < 1.29 is 8.42 Å². The largest absolute Gasteiger partial charge is 0.362 e. The van der Waals surface area contributed by atoms with Crippen molar-refractivity contribution in [2.45, 2.75) is 38.0 Å². The van der Waals surface area contributed by atoms with Crippen molar-refractivity contribution >= 4 is 15.9 Å². The Hall–Kier alpha value is -2.14. The van der Waals surface area contributed by atoms with Crippen LogP contribution in [0.3, 0.4) is 0 Å². The third kappa shape index (κ3) is 4.48. The zero-order valence-electron chi connectivity index (χ0n) is 15.7. The molecule has 0 saturated heterocycles. The average molecular weight is 359 g/mol. The van der Waals surface area contributed by atoms with Crippen molar-refractivity contribution in [3.05, 3.63) is 65.2 Å². The lowest BCUT2D eigenvalue weighted by Crippen LogP contribution is -2.24. The third-order valence-electron chi connectivity index (χ3n) is 3.99. The van der Waals surface area contributed by atoms with Crippen molar-refractivity contribution in [1.82, 2.24) is 4.90 Å². The summed E-state index contributed by atoms with van der Waals surface area (Å²) in [4.78, 5) is 1.98. The Kier molecular flexibility index (Phi) is 5.37. The predicted molar refractivity (Wildman–Crippen MR) is 104 cm³/mol. The highest BCUT2D eigenvalue weighted by molar-refractivity contribution is 7.90. The van der Waals surface area contributed by atoms with E-state index >= 15 is 0 Å². The summed E-state index contributed by atoms with van der Waals surface area (Å²) in [6.07, 6.45) is 0. The van der Waals surface area contributed by atoms with Crippen molar-refractivity contribution in [3.8, 4) is 0 Å². The van der Waals surface area contributed by atoms with Crippen LogP contribution in [0.25, 0.3) is 0 Å². The highest BCUT2D eigenvalue weighted by Crippen LogP contribution is 2.27. The number of aryl methyl sites for hydroxylation is 1. The summed E-state index contributed by atoms with van der Waals surface area (Å²) in [7, 11) is -0.237. The van der Waals surface area contributed by atoms with Gasteiger partial charge in [-0.3, -0.25) is 0 Å². The van der Waals surface area contributed by atoms with E-state index in [1.807, 2.05) is 42.5 Å². The van der Waals surface area contributed by atoms with Gasteiger partial charge in [-0.15, -0.1) is 4.40 Å². The normalized spacial score (nSPS) is 13.0. The van der Waals surface area contributed by atoms with Crippen molar-refractivity contribution in [2.75, 3.05) is 14.1 Å². The van der Waals surface area contributed by atoms with Gasteiger partial charge < -0.3 is 4.90 Å². The summed E-state index contributed by atoms with van der Waals surface area (Å²) in [6.45, 7) is 7.98. The Morgan fingerprint density at radius 1 is 1.00 bits per heavy atom. The second kappa shape index (κ2) is 7.00. The van der Waals surface area contributed by atoms with E-state index in [0.29, 0.717) is 11.4 Å². The maximum atomic E-state index is 13.0. The number of hydrogen-bond donors (Lipinski definition) is 0. The SMILES string of the molecule is Cc1ccc(C(C)(C)C)cc1S(=O)(=O)/N=C(/c1ccccc1)N(C)C. The first-order valence-corrected chi connectivity index (χ1v) is 9.65. The molecule has 0 atom stereocenters. The van der Waals surface area contributed by atoms with Crippen molar-refractivity contribution in [1.29, 1.82) is 0 Å². The van der Waals surface area contributed by atoms with Crippen LogP contribution in [0, 0.1) is 6.92 Å². The molecular weight excluding hydrogens is 332 g/mol. The molecule has 0 heterocycles. The van der Waals surface area contributed by atoms with Gasteiger partial charge in [0.25, 0.3) is 10.0 Å². The van der Waals surface area contributed by atoms with Gasteiger partial charge in [0.2, 0.25) is 0 Å². The van der Waals surface area contributed by atoms with E-state index in [-0.39, 0.29) is 10.3 Å². The zero-order chi connectivity index (χ0) is 18.8. The Balaban J connectivity index is 2.61. The molecule has 0 aliphatic carbocycles. The molecule has 0 aliphatic rings. The smallest absolute Gasteiger partial charge is 0.284 e. The van der Waals surface area contributed by atoms with Gasteiger partial charge in [-0.1, -0.05) is 63.2 Å². The number of amidine groups is 1. The van der Waals surface area contributed by atoms with Crippen LogP contribution in [-0.2, 0) is 15.4 Å². The van der Waals surface area contributed by atoms with Crippen LogP contribution < -0.4 is 0 Å². The molecule has 2 aromatic carbocycles. The van der Waals surface area contributed by atoms with Crippen molar-refractivity contribution in [2.24, 2.45) is 4.40 Å². The van der Waals surface area contributed by atoms with Crippen LogP contribution in [-0.4, -0.2) is 33.2 Å². The summed E-state index contributed by atoms with van der Waals surface area (Å²) in [5, 5.41) is 0. The first-order valence-electron chi connectivity index (χ1n) is 8.21. The van der Waals surface area contributed by atoms with Gasteiger partial charge in [0.1, 0.15) is 5.84 Å². The molecule has 5 heteroatoms. The molecule has 4 nitrogen and oxygen atoms in total. The van der Waals surface area contributed by atoms with E-state index in [1.54, 1.807) is 32.0 Å². The number of nitrogens with zero attached hydrogens (tertiary/aromatic N) is 2. The van der Waals surface area contributed by atoms with E-state index in [9.17, 15) is 8.42 Å². The number of hydrogen-bond acceptors (Lipinski definition) is 2. The van der Waals surface area contributed by atoms with Gasteiger partial charge in [0.05, 0.1) is 4.90 Å². The van der Waals surface area contributed by atoms with Crippen molar-refractivity contribution in [3.63, 3.8) is 0 Å². The molecule has 0 aliphatic heterocycles. The monoisotopic (exact) mass is 358 g/mol. The lowest BCUT2D eigenvalue weighted by Gasteiger charge is -2.21. The van der Waals surface area contributed by atoms with Gasteiger partial charge in [-0.25, -0.2) is 0 Å². The summed E-state index contributed by atoms with van der Waals surface area (Å²) < 4.78 is 30.2. The lowest BCUT2D eigenvalue weighted by molar-refractivity contribution is 0.582. The fourth-order valence-electron chi connectivity index (χ4n) is 2.49. The average Bonchev–Trinajstić information content (AvgIpc) is 2.52. The summed E-state index contributed by atoms with van der Waals surface area (Å²) >= 11 is 0. The molecule has 0 fully saturated rings. The molecule has 0 radical (unpaired) electrons. The topological polar surface area (TPSA) is 49.7 Å². The minimum atomic E-state index is -3.82. The molecule has 2 aromatic rings. The van der Waals surface area contributed by atoms with Gasteiger partial charge in [0.15, 0.2) is 0 Å². The van der Waals surface area contributed by atoms with Gasteiger partial charge in [0, 0.05) is 19.7 Å². The number of sulfonamides is 1. The first-order chi connectivity index (χ1) is 11.5. The van der Waals surface area contributed by atoms with Crippen LogP contribution in [0.4, 0.5) is 0 Å². The second-order valence-corrected chi connectivity index (χ2v) is 8.95. The fourth-order valence-corrected chi connectivity index (χ4v) is 3.83. The van der Waals surface area contributed by atoms with Crippen LogP contribution in [0.5, 0.6) is 0 Å². The number of rotatable bonds is 3. The van der Waals surface area contributed by atoms with Gasteiger partial charge in [-0.2, -0.15) is 8.42 Å². The maximum absolute atomic E-state index is 13.0. The second-order valence-electron chi connectivity index (χ2n) is 7.38. The Morgan fingerprint density at radius 2 is 1.60 bits per heavy atom. The van der Waals surface area contributed by atoms with Crippen LogP contribution in [0.2, 0.25) is 0 Å². The van der Waals surface area contributed by atoms with Crippen LogP contribution >= 0.6 is 0 Å². The molecule has 0 spiro atoms. The highest BCUT2D eigenvalue weighted by atomic mass is 32.2. The maximum Gasteiger partial charge on any atom is 0.284 e. The molecule has 0 unspecified atom stereocenters. The van der Waals surface area contributed by atoms with E-state index in [4.69, 9.17) is 0 Å². The van der Waals surface area contributed by atoms with E-state index in [0.717, 1.165) is 11.1 Å². The molecular formula is C20H26N2O2S. The number of benzene rings is 2. The van der Waals surface area contributed by atoms with Crippen LogP contribution in [0.1, 0.15) is 37.5 Å². The quantitative estimate of drug-likeness (QED) is 0.616. The van der Waals surface area contributed by atoms with E-state index in [2.05, 4.69) is 25.2 Å². The minimum absolute atomic E-state index is 0.133. The Morgan fingerprint density at radius 3 is 2.12 bits per heavy atom. The predicted octanol–water partition coefficient (Wildman–Crippen LogP) is 3.99. The molecule has 0 saturated carbocycles. The molecule has 2 rings (SSSR count). The van der Waals surface area contributed by atoms with E-state index < -0.39 is 10.0 Å². The first kappa shape index (κ1) is 19.2. The summed E-state index contributed by atoms with van der Waals surface area (Å²) in [5.41, 5.74) is 2.30. The molecule has 0 amide bonds. The lowest BCUT2D eigenvalue weighted by atomic mass is 9.87. The third-order valence-corrected chi connectivity index (χ3v) is 5.40. The Bertz CT molecular complexity index is 878. The highest BCUT2D eigenvalue weighted by Gasteiger charge is 2.22. The van der Waals surface area contributed by atoms with E-state index in [1.165, 1.54) is 0 Å². The molecule has 0 aromatic heterocycles. The molecule has 25 heavy (non-hydrogen) atoms. The fraction of sp³-hybridized carbons (Fsp3) is 0.350. The molecule has 134 valence electrons. The Labute approximate surface area is 151 Å². The van der Waals surface area contributed by atoms with Crippen LogP contribution in [0.15, 0.2) is 57.8 Å². The van der Waals surface area contributed by atoms with Gasteiger partial charge >= 0.3 is 0 Å².